The molecule has 6 nitrogen and oxygen atoms in total. The molecule has 5 fully saturated rings. The summed E-state index contributed by atoms with van der Waals surface area (Å²) in [4.78, 5) is 14.4. The van der Waals surface area contributed by atoms with Crippen LogP contribution in [0.15, 0.2) is 0 Å². The fraction of sp³-hybridized carbons (Fsp3) is 0.880. The van der Waals surface area contributed by atoms with Crippen molar-refractivity contribution in [2.24, 2.45) is 29.6 Å². The van der Waals surface area contributed by atoms with Gasteiger partial charge in [-0.05, 0) is 87.4 Å². The molecule has 6 rings (SSSR count). The van der Waals surface area contributed by atoms with Gasteiger partial charge >= 0.3 is 0 Å². The monoisotopic (exact) mass is 426 g/mol. The van der Waals surface area contributed by atoms with Crippen LogP contribution in [0.3, 0.4) is 0 Å². The summed E-state index contributed by atoms with van der Waals surface area (Å²) in [6.45, 7) is 6.39. The van der Waals surface area contributed by atoms with Crippen LogP contribution in [0, 0.1) is 29.6 Å². The minimum atomic E-state index is 0.214. The molecule has 3 N–H and O–H groups in total. The molecule has 6 heteroatoms. The van der Waals surface area contributed by atoms with Crippen LogP contribution in [-0.4, -0.2) is 33.6 Å². The Morgan fingerprint density at radius 3 is 2.00 bits per heavy atom. The summed E-state index contributed by atoms with van der Waals surface area (Å²) in [5.41, 5.74) is 0.214. The van der Waals surface area contributed by atoms with Crippen molar-refractivity contribution in [2.45, 2.75) is 96.4 Å². The second-order valence-electron chi connectivity index (χ2n) is 11.6. The Bertz CT molecular complexity index is 706. The Kier molecular flexibility index (Phi) is 6.25. The third-order valence-corrected chi connectivity index (χ3v) is 8.33. The normalized spacial score (nSPS) is 32.4. The largest absolute Gasteiger partial charge is 0.354 e. The first-order chi connectivity index (χ1) is 15.1. The van der Waals surface area contributed by atoms with Gasteiger partial charge in [0, 0.05) is 18.6 Å². The molecule has 172 valence electrons. The van der Waals surface area contributed by atoms with Gasteiger partial charge in [-0.1, -0.05) is 33.1 Å². The number of rotatable bonds is 9. The highest BCUT2D eigenvalue weighted by Crippen LogP contribution is 2.56. The van der Waals surface area contributed by atoms with E-state index < -0.39 is 0 Å². The van der Waals surface area contributed by atoms with E-state index in [1.807, 2.05) is 0 Å². The summed E-state index contributed by atoms with van der Waals surface area (Å²) >= 11 is 0. The van der Waals surface area contributed by atoms with E-state index in [2.05, 4.69) is 29.8 Å². The van der Waals surface area contributed by atoms with Gasteiger partial charge in [-0.3, -0.25) is 0 Å². The smallest absolute Gasteiger partial charge is 0.229 e. The van der Waals surface area contributed by atoms with Crippen LogP contribution in [0.5, 0.6) is 0 Å². The molecule has 0 saturated heterocycles. The van der Waals surface area contributed by atoms with E-state index in [9.17, 15) is 0 Å². The van der Waals surface area contributed by atoms with E-state index in [4.69, 9.17) is 15.0 Å². The third-order valence-electron chi connectivity index (χ3n) is 8.33. The Morgan fingerprint density at radius 1 is 0.806 bits per heavy atom. The van der Waals surface area contributed by atoms with E-state index in [0.29, 0.717) is 11.9 Å². The van der Waals surface area contributed by atoms with Crippen LogP contribution < -0.4 is 16.0 Å². The average molecular weight is 427 g/mol. The van der Waals surface area contributed by atoms with Gasteiger partial charge in [0.15, 0.2) is 0 Å². The minimum Gasteiger partial charge on any atom is -0.354 e. The molecule has 1 aromatic rings. The van der Waals surface area contributed by atoms with Crippen molar-refractivity contribution in [1.29, 1.82) is 0 Å². The molecule has 4 bridgehead atoms. The number of aromatic nitrogens is 3. The first-order valence-electron chi connectivity index (χ1n) is 13.1. The van der Waals surface area contributed by atoms with Crippen molar-refractivity contribution >= 4 is 17.8 Å². The van der Waals surface area contributed by atoms with Gasteiger partial charge in [-0.25, -0.2) is 0 Å². The van der Waals surface area contributed by atoms with Crippen molar-refractivity contribution in [3.05, 3.63) is 0 Å². The summed E-state index contributed by atoms with van der Waals surface area (Å²) < 4.78 is 0. The van der Waals surface area contributed by atoms with Crippen LogP contribution in [0.2, 0.25) is 0 Å². The molecular weight excluding hydrogens is 384 g/mol. The topological polar surface area (TPSA) is 74.8 Å². The lowest BCUT2D eigenvalue weighted by molar-refractivity contribution is 0.0103. The van der Waals surface area contributed by atoms with Gasteiger partial charge in [0.25, 0.3) is 0 Å². The first kappa shape index (κ1) is 21.3. The Hall–Kier alpha value is -1.59. The summed E-state index contributed by atoms with van der Waals surface area (Å²) in [6, 6.07) is 0. The molecular formula is C25H42N6. The lowest BCUT2D eigenvalue weighted by Gasteiger charge is -2.56. The zero-order chi connectivity index (χ0) is 21.3. The van der Waals surface area contributed by atoms with Gasteiger partial charge < -0.3 is 16.0 Å². The summed E-state index contributed by atoms with van der Waals surface area (Å²) in [6.07, 6.45) is 16.2. The second-order valence-corrected chi connectivity index (χ2v) is 11.6. The number of anilines is 3. The van der Waals surface area contributed by atoms with E-state index >= 15 is 0 Å². The lowest BCUT2D eigenvalue weighted by Crippen LogP contribution is -2.55. The first-order valence-corrected chi connectivity index (χ1v) is 13.1. The lowest BCUT2D eigenvalue weighted by atomic mass is 9.53. The molecule has 5 aliphatic rings. The van der Waals surface area contributed by atoms with E-state index in [1.54, 1.807) is 0 Å². The van der Waals surface area contributed by atoms with Crippen LogP contribution in [-0.2, 0) is 0 Å². The van der Waals surface area contributed by atoms with Gasteiger partial charge in [-0.15, -0.1) is 0 Å². The zero-order valence-electron chi connectivity index (χ0n) is 19.6. The van der Waals surface area contributed by atoms with Crippen LogP contribution in [0.1, 0.15) is 90.9 Å². The molecule has 31 heavy (non-hydrogen) atoms. The number of hydrogen-bond donors (Lipinski definition) is 3. The number of nitrogens with zero attached hydrogens (tertiary/aromatic N) is 3. The highest BCUT2D eigenvalue weighted by atomic mass is 15.3. The van der Waals surface area contributed by atoms with Gasteiger partial charge in [-0.2, -0.15) is 15.0 Å². The third kappa shape index (κ3) is 5.25. The van der Waals surface area contributed by atoms with Crippen molar-refractivity contribution in [2.75, 3.05) is 29.0 Å². The standard InChI is InChI=1S/C25H42N6/c1-17(2)8-9-26-22-28-23(27-16-18-6-4-3-5-7-18)30-24(29-22)31-25-13-19-10-20(14-25)12-21(11-19)15-25/h17-21H,3-16H2,1-2H3,(H3,26,27,28,29,30,31). The molecule has 0 aromatic carbocycles. The molecule has 0 atom stereocenters. The van der Waals surface area contributed by atoms with Crippen molar-refractivity contribution in [3.8, 4) is 0 Å². The van der Waals surface area contributed by atoms with E-state index in [0.717, 1.165) is 55.1 Å². The van der Waals surface area contributed by atoms with Gasteiger partial charge in [0.1, 0.15) is 0 Å². The molecule has 0 radical (unpaired) electrons. The van der Waals surface area contributed by atoms with Gasteiger partial charge in [0.05, 0.1) is 0 Å². The maximum atomic E-state index is 4.85. The number of nitrogens with one attached hydrogen (secondary N) is 3. The average Bonchev–Trinajstić information content (AvgIpc) is 2.71. The van der Waals surface area contributed by atoms with Gasteiger partial charge in [0.2, 0.25) is 17.8 Å². The fourth-order valence-electron chi connectivity index (χ4n) is 7.19. The quantitative estimate of drug-likeness (QED) is 0.470. The van der Waals surface area contributed by atoms with Crippen molar-refractivity contribution in [1.82, 2.24) is 15.0 Å². The SMILES string of the molecule is CC(C)CCNc1nc(NCC2CCCCC2)nc(NC23CC4CC(CC(C4)C2)C3)n1. The Labute approximate surface area is 188 Å². The van der Waals surface area contributed by atoms with Crippen LogP contribution >= 0.6 is 0 Å². The molecule has 0 amide bonds. The summed E-state index contributed by atoms with van der Waals surface area (Å²) in [7, 11) is 0. The number of hydrogen-bond acceptors (Lipinski definition) is 6. The van der Waals surface area contributed by atoms with E-state index in [-0.39, 0.29) is 5.54 Å². The zero-order valence-corrected chi connectivity index (χ0v) is 19.6. The molecule has 1 heterocycles. The van der Waals surface area contributed by atoms with Crippen molar-refractivity contribution < 1.29 is 0 Å². The Balaban J connectivity index is 1.30. The maximum Gasteiger partial charge on any atom is 0.229 e. The maximum absolute atomic E-state index is 4.85. The molecule has 5 saturated carbocycles. The van der Waals surface area contributed by atoms with E-state index in [1.165, 1.54) is 70.6 Å². The molecule has 5 aliphatic carbocycles. The van der Waals surface area contributed by atoms with Crippen LogP contribution in [0.25, 0.3) is 0 Å². The van der Waals surface area contributed by atoms with Crippen molar-refractivity contribution in [3.63, 3.8) is 0 Å². The highest BCUT2D eigenvalue weighted by molar-refractivity contribution is 5.44. The van der Waals surface area contributed by atoms with Crippen LogP contribution in [0.4, 0.5) is 17.8 Å². The predicted octanol–water partition coefficient (Wildman–Crippen LogP) is 5.70. The minimum absolute atomic E-state index is 0.214. The highest BCUT2D eigenvalue weighted by Gasteiger charge is 2.51. The molecule has 1 aromatic heterocycles. The fourth-order valence-corrected chi connectivity index (χ4v) is 7.19. The molecule has 0 aliphatic heterocycles. The second kappa shape index (κ2) is 9.11. The Morgan fingerprint density at radius 2 is 1.39 bits per heavy atom. The predicted molar refractivity (Wildman–Crippen MR) is 127 cm³/mol. The summed E-state index contributed by atoms with van der Waals surface area (Å²) in [5.74, 6) is 6.38. The molecule has 0 unspecified atom stereocenters. The summed E-state index contributed by atoms with van der Waals surface area (Å²) in [5, 5.41) is 10.9. The molecule has 0 spiro atoms.